The van der Waals surface area contributed by atoms with Crippen molar-refractivity contribution in [3.63, 3.8) is 0 Å². The van der Waals surface area contributed by atoms with E-state index in [1.807, 2.05) is 0 Å². The van der Waals surface area contributed by atoms with Crippen molar-refractivity contribution in [1.29, 1.82) is 0 Å². The largest absolute Gasteiger partial charge is 0.344 e. The van der Waals surface area contributed by atoms with Crippen molar-refractivity contribution in [2.24, 2.45) is 5.92 Å². The topological polar surface area (TPSA) is 29.0 Å². The first-order valence-electron chi connectivity index (χ1n) is 4.92. The van der Waals surface area contributed by atoms with Gasteiger partial charge in [-0.15, -0.1) is 10.2 Å². The molecule has 0 aliphatic carbocycles. The van der Waals surface area contributed by atoms with E-state index in [2.05, 4.69) is 44.9 Å². The minimum absolute atomic E-state index is 0.596. The van der Waals surface area contributed by atoms with Crippen molar-refractivity contribution < 1.29 is 0 Å². The van der Waals surface area contributed by atoms with Gasteiger partial charge in [0.25, 0.3) is 0 Å². The number of anilines is 1. The van der Waals surface area contributed by atoms with Gasteiger partial charge in [0.1, 0.15) is 0 Å². The molecule has 0 aromatic carbocycles. The molecule has 1 aliphatic rings. The van der Waals surface area contributed by atoms with Crippen LogP contribution in [0.1, 0.15) is 26.7 Å². The van der Waals surface area contributed by atoms with E-state index in [-0.39, 0.29) is 0 Å². The van der Waals surface area contributed by atoms with Crippen LogP contribution < -0.4 is 4.90 Å². The van der Waals surface area contributed by atoms with Gasteiger partial charge in [-0.05, 0) is 41.6 Å². The molecule has 1 fully saturated rings. The van der Waals surface area contributed by atoms with Gasteiger partial charge in [0.15, 0.2) is 3.92 Å². The maximum Gasteiger partial charge on any atom is 0.209 e. The number of halogens is 1. The Kier molecular flexibility index (Phi) is 3.07. The van der Waals surface area contributed by atoms with Gasteiger partial charge in [0.2, 0.25) is 5.13 Å². The summed E-state index contributed by atoms with van der Waals surface area (Å²) in [6, 6.07) is 0.596. The first-order valence-corrected chi connectivity index (χ1v) is 6.53. The predicted octanol–water partition coefficient (Wildman–Crippen LogP) is 2.93. The molecule has 2 atom stereocenters. The molecule has 0 saturated carbocycles. The third kappa shape index (κ3) is 2.08. The fourth-order valence-corrected chi connectivity index (χ4v) is 3.22. The fourth-order valence-electron chi connectivity index (χ4n) is 2.01. The van der Waals surface area contributed by atoms with Crippen LogP contribution in [0.25, 0.3) is 0 Å². The molecule has 0 radical (unpaired) electrons. The van der Waals surface area contributed by atoms with Crippen LogP contribution in [0.2, 0.25) is 0 Å². The quantitative estimate of drug-likeness (QED) is 0.789. The molecule has 0 bridgehead atoms. The summed E-state index contributed by atoms with van der Waals surface area (Å²) >= 11 is 4.97. The molecule has 0 spiro atoms. The molecule has 0 N–H and O–H groups in total. The number of hydrogen-bond donors (Lipinski definition) is 0. The molecule has 0 amide bonds. The van der Waals surface area contributed by atoms with E-state index < -0.39 is 0 Å². The van der Waals surface area contributed by atoms with Crippen LogP contribution in [0.3, 0.4) is 0 Å². The van der Waals surface area contributed by atoms with Crippen molar-refractivity contribution >= 4 is 32.4 Å². The summed E-state index contributed by atoms with van der Waals surface area (Å²) in [6.45, 7) is 5.71. The Morgan fingerprint density at radius 1 is 1.43 bits per heavy atom. The molecule has 1 saturated heterocycles. The average Bonchev–Trinajstić information content (AvgIpc) is 2.51. The Morgan fingerprint density at radius 3 is 2.79 bits per heavy atom. The van der Waals surface area contributed by atoms with Gasteiger partial charge >= 0.3 is 0 Å². The van der Waals surface area contributed by atoms with E-state index >= 15 is 0 Å². The van der Waals surface area contributed by atoms with E-state index in [1.54, 1.807) is 11.3 Å². The van der Waals surface area contributed by atoms with Crippen LogP contribution in [-0.4, -0.2) is 22.8 Å². The molecule has 1 aliphatic heterocycles. The van der Waals surface area contributed by atoms with Crippen molar-refractivity contribution in [3.05, 3.63) is 3.92 Å². The maximum atomic E-state index is 4.16. The lowest BCUT2D eigenvalue weighted by Crippen LogP contribution is -2.40. The van der Waals surface area contributed by atoms with Gasteiger partial charge in [-0.1, -0.05) is 18.3 Å². The Balaban J connectivity index is 2.11. The van der Waals surface area contributed by atoms with Gasteiger partial charge in [0.05, 0.1) is 0 Å². The minimum atomic E-state index is 0.596. The predicted molar refractivity (Wildman–Crippen MR) is 62.8 cm³/mol. The third-order valence-electron chi connectivity index (χ3n) is 2.77. The van der Waals surface area contributed by atoms with E-state index in [4.69, 9.17) is 0 Å². The number of nitrogens with zero attached hydrogens (tertiary/aromatic N) is 3. The SMILES string of the molecule is CC1CCN(c2nnc(Br)s2)C(C)C1. The molecule has 2 heterocycles. The molecule has 2 rings (SSSR count). The highest BCUT2D eigenvalue weighted by atomic mass is 79.9. The summed E-state index contributed by atoms with van der Waals surface area (Å²) in [5, 5.41) is 9.20. The Morgan fingerprint density at radius 2 is 2.21 bits per heavy atom. The lowest BCUT2D eigenvalue weighted by molar-refractivity contribution is 0.377. The van der Waals surface area contributed by atoms with Crippen LogP contribution in [0.5, 0.6) is 0 Å². The Bertz CT molecular complexity index is 315. The normalized spacial score (nSPS) is 28.1. The smallest absolute Gasteiger partial charge is 0.209 e. The molecule has 3 nitrogen and oxygen atoms in total. The van der Waals surface area contributed by atoms with Crippen molar-refractivity contribution in [2.45, 2.75) is 32.7 Å². The third-order valence-corrected chi connectivity index (χ3v) is 4.17. The molecule has 78 valence electrons. The summed E-state index contributed by atoms with van der Waals surface area (Å²) in [6.07, 6.45) is 2.53. The van der Waals surface area contributed by atoms with Crippen LogP contribution in [0, 0.1) is 5.92 Å². The molecular formula is C9H14BrN3S. The van der Waals surface area contributed by atoms with Gasteiger partial charge < -0.3 is 4.90 Å². The van der Waals surface area contributed by atoms with Gasteiger partial charge in [0, 0.05) is 12.6 Å². The number of piperidine rings is 1. The summed E-state index contributed by atoms with van der Waals surface area (Å²) in [7, 11) is 0. The second-order valence-corrected chi connectivity index (χ2v) is 6.24. The minimum Gasteiger partial charge on any atom is -0.344 e. The van der Waals surface area contributed by atoms with E-state index in [0.29, 0.717) is 6.04 Å². The summed E-state index contributed by atoms with van der Waals surface area (Å²) < 4.78 is 0.873. The summed E-state index contributed by atoms with van der Waals surface area (Å²) in [5.74, 6) is 0.845. The van der Waals surface area contributed by atoms with E-state index in [1.165, 1.54) is 12.8 Å². The summed E-state index contributed by atoms with van der Waals surface area (Å²) in [4.78, 5) is 2.36. The molecule has 14 heavy (non-hydrogen) atoms. The first-order chi connectivity index (χ1) is 6.66. The molecular weight excluding hydrogens is 262 g/mol. The zero-order valence-electron chi connectivity index (χ0n) is 8.40. The number of aromatic nitrogens is 2. The van der Waals surface area contributed by atoms with Crippen LogP contribution >= 0.6 is 27.3 Å². The highest BCUT2D eigenvalue weighted by Gasteiger charge is 2.25. The van der Waals surface area contributed by atoms with Crippen molar-refractivity contribution in [1.82, 2.24) is 10.2 Å². The van der Waals surface area contributed by atoms with E-state index in [9.17, 15) is 0 Å². The highest BCUT2D eigenvalue weighted by Crippen LogP contribution is 2.31. The maximum absolute atomic E-state index is 4.16. The molecule has 5 heteroatoms. The average molecular weight is 276 g/mol. The van der Waals surface area contributed by atoms with Crippen LogP contribution in [0.15, 0.2) is 3.92 Å². The Labute approximate surface area is 96.7 Å². The standard InChI is InChI=1S/C9H14BrN3S/c1-6-3-4-13(7(2)5-6)9-12-11-8(10)14-9/h6-7H,3-5H2,1-2H3. The lowest BCUT2D eigenvalue weighted by Gasteiger charge is -2.35. The van der Waals surface area contributed by atoms with Gasteiger partial charge in [-0.25, -0.2) is 0 Å². The Hall–Kier alpha value is -0.160. The van der Waals surface area contributed by atoms with Gasteiger partial charge in [-0.2, -0.15) is 0 Å². The molecule has 1 aromatic heterocycles. The second-order valence-electron chi connectivity index (χ2n) is 4.01. The highest BCUT2D eigenvalue weighted by molar-refractivity contribution is 9.11. The van der Waals surface area contributed by atoms with Crippen molar-refractivity contribution in [2.75, 3.05) is 11.4 Å². The number of hydrogen-bond acceptors (Lipinski definition) is 4. The van der Waals surface area contributed by atoms with E-state index in [0.717, 1.165) is 21.5 Å². The summed E-state index contributed by atoms with van der Waals surface area (Å²) in [5.41, 5.74) is 0. The lowest BCUT2D eigenvalue weighted by atomic mass is 9.94. The first kappa shape index (κ1) is 10.4. The zero-order valence-corrected chi connectivity index (χ0v) is 10.8. The zero-order chi connectivity index (χ0) is 10.1. The van der Waals surface area contributed by atoms with Crippen LogP contribution in [-0.2, 0) is 0 Å². The number of rotatable bonds is 1. The van der Waals surface area contributed by atoms with Crippen molar-refractivity contribution in [3.8, 4) is 0 Å². The molecule has 1 aromatic rings. The van der Waals surface area contributed by atoms with Crippen LogP contribution in [0.4, 0.5) is 5.13 Å². The van der Waals surface area contributed by atoms with Gasteiger partial charge in [-0.3, -0.25) is 0 Å². The fraction of sp³-hybridized carbons (Fsp3) is 0.778. The monoisotopic (exact) mass is 275 g/mol. The molecule has 2 unspecified atom stereocenters. The second kappa shape index (κ2) is 4.14.